The largest absolute Gasteiger partial charge is 0.513 e. The number of aliphatic carboxylic acids is 1. The summed E-state index contributed by atoms with van der Waals surface area (Å²) in [6.07, 6.45) is -0.0880. The summed E-state index contributed by atoms with van der Waals surface area (Å²) in [5.41, 5.74) is 5.00. The molecule has 0 heterocycles. The van der Waals surface area contributed by atoms with Crippen LogP contribution in [0.2, 0.25) is 0 Å². The lowest BCUT2D eigenvalue weighted by Crippen LogP contribution is -2.30. The summed E-state index contributed by atoms with van der Waals surface area (Å²) in [5.74, 6) is -1.34. The molecule has 0 aliphatic carbocycles. The fraction of sp³-hybridized carbons (Fsp3) is 0.400. The zero-order valence-electron chi connectivity index (χ0n) is 4.87. The van der Waals surface area contributed by atoms with E-state index in [9.17, 15) is 4.79 Å². The molecular weight excluding hydrogens is 122 g/mol. The van der Waals surface area contributed by atoms with Crippen molar-refractivity contribution in [1.82, 2.24) is 0 Å². The van der Waals surface area contributed by atoms with Crippen LogP contribution in [0.25, 0.3) is 0 Å². The lowest BCUT2D eigenvalue weighted by molar-refractivity contribution is -0.138. The van der Waals surface area contributed by atoms with Gasteiger partial charge in [0.2, 0.25) is 0 Å². The van der Waals surface area contributed by atoms with Gasteiger partial charge in [-0.1, -0.05) is 6.58 Å². The Morgan fingerprint density at radius 2 is 2.11 bits per heavy atom. The van der Waals surface area contributed by atoms with Crippen LogP contribution in [-0.4, -0.2) is 22.2 Å². The number of carbonyl (C=O) groups is 1. The first-order valence-corrected chi connectivity index (χ1v) is 2.39. The monoisotopic (exact) mass is 131 g/mol. The van der Waals surface area contributed by atoms with Crippen molar-refractivity contribution in [2.24, 2.45) is 5.73 Å². The van der Waals surface area contributed by atoms with Crippen LogP contribution in [0.1, 0.15) is 6.42 Å². The molecule has 0 rings (SSSR count). The van der Waals surface area contributed by atoms with Crippen molar-refractivity contribution in [3.05, 3.63) is 12.3 Å². The molecule has 0 saturated heterocycles. The molecule has 52 valence electrons. The van der Waals surface area contributed by atoms with Gasteiger partial charge in [0.1, 0.15) is 6.04 Å². The van der Waals surface area contributed by atoms with Crippen molar-refractivity contribution in [3.8, 4) is 0 Å². The summed E-state index contributed by atoms with van der Waals surface area (Å²) in [5, 5.41) is 16.6. The number of aliphatic hydroxyl groups is 1. The van der Waals surface area contributed by atoms with Gasteiger partial charge in [-0.15, -0.1) is 0 Å². The van der Waals surface area contributed by atoms with Gasteiger partial charge in [0.05, 0.1) is 5.76 Å². The van der Waals surface area contributed by atoms with E-state index in [4.69, 9.17) is 15.9 Å². The molecular formula is C5H9NO3. The average Bonchev–Trinajstić information content (AvgIpc) is 1.63. The van der Waals surface area contributed by atoms with E-state index >= 15 is 0 Å². The number of nitrogens with two attached hydrogens (primary N) is 1. The highest BCUT2D eigenvalue weighted by Gasteiger charge is 2.11. The maximum atomic E-state index is 9.96. The summed E-state index contributed by atoms with van der Waals surface area (Å²) >= 11 is 0. The molecule has 0 aromatic carbocycles. The Bertz CT molecular complexity index is 132. The number of hydrogen-bond donors (Lipinski definition) is 3. The van der Waals surface area contributed by atoms with E-state index in [-0.39, 0.29) is 12.2 Å². The van der Waals surface area contributed by atoms with Crippen LogP contribution in [0, 0.1) is 0 Å². The summed E-state index contributed by atoms with van der Waals surface area (Å²) < 4.78 is 0. The highest BCUT2D eigenvalue weighted by Crippen LogP contribution is 1.95. The first kappa shape index (κ1) is 7.97. The molecule has 0 spiro atoms. The summed E-state index contributed by atoms with van der Waals surface area (Å²) in [4.78, 5) is 9.96. The minimum Gasteiger partial charge on any atom is -0.513 e. The van der Waals surface area contributed by atoms with Crippen LogP contribution in [0.3, 0.4) is 0 Å². The second kappa shape index (κ2) is 3.09. The van der Waals surface area contributed by atoms with E-state index in [1.165, 1.54) is 0 Å². The van der Waals surface area contributed by atoms with Gasteiger partial charge in [-0.25, -0.2) is 0 Å². The molecule has 0 amide bonds. The SMILES string of the molecule is C=C(O)C[C@@H](N)C(=O)O. The van der Waals surface area contributed by atoms with Crippen molar-refractivity contribution in [2.75, 3.05) is 0 Å². The number of carboxylic acid groups (broad SMARTS) is 1. The lowest BCUT2D eigenvalue weighted by Gasteiger charge is -2.02. The van der Waals surface area contributed by atoms with Crippen LogP contribution in [0.15, 0.2) is 12.3 Å². The predicted octanol–water partition coefficient (Wildman–Crippen LogP) is -0.140. The van der Waals surface area contributed by atoms with Crippen LogP contribution < -0.4 is 5.73 Å². The van der Waals surface area contributed by atoms with E-state index in [0.717, 1.165) is 0 Å². The molecule has 0 aliphatic heterocycles. The zero-order chi connectivity index (χ0) is 7.44. The van der Waals surface area contributed by atoms with E-state index in [2.05, 4.69) is 6.58 Å². The highest BCUT2D eigenvalue weighted by molar-refractivity contribution is 5.73. The first-order chi connectivity index (χ1) is 4.04. The van der Waals surface area contributed by atoms with Crippen LogP contribution in [0.4, 0.5) is 0 Å². The van der Waals surface area contributed by atoms with E-state index < -0.39 is 12.0 Å². The van der Waals surface area contributed by atoms with Gasteiger partial charge >= 0.3 is 5.97 Å². The quantitative estimate of drug-likeness (QED) is 0.465. The van der Waals surface area contributed by atoms with Crippen molar-refractivity contribution in [2.45, 2.75) is 12.5 Å². The smallest absolute Gasteiger partial charge is 0.320 e. The topological polar surface area (TPSA) is 83.5 Å². The second-order valence-electron chi connectivity index (χ2n) is 1.72. The van der Waals surface area contributed by atoms with Gasteiger partial charge in [-0.2, -0.15) is 0 Å². The fourth-order valence-electron chi connectivity index (χ4n) is 0.341. The third-order valence-electron chi connectivity index (χ3n) is 0.773. The molecule has 4 N–H and O–H groups in total. The zero-order valence-corrected chi connectivity index (χ0v) is 4.87. The minimum absolute atomic E-state index is 0.0880. The van der Waals surface area contributed by atoms with E-state index in [1.807, 2.05) is 0 Å². The van der Waals surface area contributed by atoms with Crippen LogP contribution in [0.5, 0.6) is 0 Å². The normalized spacial score (nSPS) is 12.6. The van der Waals surface area contributed by atoms with Gasteiger partial charge in [-0.3, -0.25) is 4.79 Å². The van der Waals surface area contributed by atoms with Crippen molar-refractivity contribution < 1.29 is 15.0 Å². The molecule has 4 heteroatoms. The molecule has 0 saturated carbocycles. The Morgan fingerprint density at radius 1 is 1.67 bits per heavy atom. The van der Waals surface area contributed by atoms with Crippen molar-refractivity contribution in [3.63, 3.8) is 0 Å². The Balaban J connectivity index is 3.63. The van der Waals surface area contributed by atoms with Gasteiger partial charge in [0.25, 0.3) is 0 Å². The molecule has 0 aromatic rings. The molecule has 0 aliphatic rings. The first-order valence-electron chi connectivity index (χ1n) is 2.39. The van der Waals surface area contributed by atoms with E-state index in [1.54, 1.807) is 0 Å². The Kier molecular flexibility index (Phi) is 2.73. The number of aliphatic hydroxyl groups excluding tert-OH is 1. The maximum absolute atomic E-state index is 9.96. The number of hydrogen-bond acceptors (Lipinski definition) is 3. The standard InChI is InChI=1S/C5H9NO3/c1-3(7)2-4(6)5(8)9/h4,7H,1-2,6H2,(H,8,9)/t4-/m1/s1. The highest BCUT2D eigenvalue weighted by atomic mass is 16.4. The Labute approximate surface area is 52.6 Å². The van der Waals surface area contributed by atoms with E-state index in [0.29, 0.717) is 0 Å². The Hall–Kier alpha value is -1.03. The molecule has 9 heavy (non-hydrogen) atoms. The number of carboxylic acids is 1. The average molecular weight is 131 g/mol. The third-order valence-corrected chi connectivity index (χ3v) is 0.773. The van der Waals surface area contributed by atoms with Gasteiger partial charge in [0, 0.05) is 6.42 Å². The molecule has 0 fully saturated rings. The van der Waals surface area contributed by atoms with Crippen LogP contribution in [-0.2, 0) is 4.79 Å². The molecule has 0 aromatic heterocycles. The predicted molar refractivity (Wildman–Crippen MR) is 32.0 cm³/mol. The maximum Gasteiger partial charge on any atom is 0.320 e. The molecule has 0 radical (unpaired) electrons. The summed E-state index contributed by atoms with van der Waals surface area (Å²) in [6, 6.07) is -1.04. The molecule has 0 bridgehead atoms. The van der Waals surface area contributed by atoms with Gasteiger partial charge < -0.3 is 15.9 Å². The second-order valence-corrected chi connectivity index (χ2v) is 1.72. The van der Waals surface area contributed by atoms with Crippen molar-refractivity contribution in [1.29, 1.82) is 0 Å². The van der Waals surface area contributed by atoms with Crippen LogP contribution >= 0.6 is 0 Å². The third kappa shape index (κ3) is 3.54. The Morgan fingerprint density at radius 3 is 2.22 bits per heavy atom. The fourth-order valence-corrected chi connectivity index (χ4v) is 0.341. The van der Waals surface area contributed by atoms with Gasteiger partial charge in [-0.05, 0) is 0 Å². The summed E-state index contributed by atoms with van der Waals surface area (Å²) in [6.45, 7) is 3.09. The lowest BCUT2D eigenvalue weighted by atomic mass is 10.2. The number of rotatable bonds is 3. The summed E-state index contributed by atoms with van der Waals surface area (Å²) in [7, 11) is 0. The molecule has 4 nitrogen and oxygen atoms in total. The van der Waals surface area contributed by atoms with Crippen molar-refractivity contribution >= 4 is 5.97 Å². The van der Waals surface area contributed by atoms with Gasteiger partial charge in [0.15, 0.2) is 0 Å². The molecule has 0 unspecified atom stereocenters. The minimum atomic E-state index is -1.13. The molecule has 1 atom stereocenters.